The van der Waals surface area contributed by atoms with Gasteiger partial charge >= 0.3 is 0 Å². The van der Waals surface area contributed by atoms with Crippen molar-refractivity contribution >= 4 is 33.9 Å². The summed E-state index contributed by atoms with van der Waals surface area (Å²) < 4.78 is 10.8. The van der Waals surface area contributed by atoms with E-state index >= 15 is 0 Å². The number of rotatable bonds is 10. The highest BCUT2D eigenvalue weighted by molar-refractivity contribution is 7.80. The third-order valence-corrected chi connectivity index (χ3v) is 6.04. The average molecular weight is 469 g/mol. The fraction of sp³-hybridized carbons (Fsp3) is 0.360. The first-order chi connectivity index (χ1) is 16.0. The Labute approximate surface area is 200 Å². The molecule has 1 aromatic heterocycles. The van der Waals surface area contributed by atoms with E-state index in [1.54, 1.807) is 20.3 Å². The largest absolute Gasteiger partial charge is 0.493 e. The van der Waals surface area contributed by atoms with E-state index in [1.165, 1.54) is 0 Å². The van der Waals surface area contributed by atoms with Gasteiger partial charge in [0.15, 0.2) is 16.6 Å². The van der Waals surface area contributed by atoms with Crippen LogP contribution in [-0.2, 0) is 6.54 Å². The number of aromatic amines is 1. The third kappa shape index (κ3) is 6.24. The standard InChI is InChI=1S/C25H32N4O3S/c1-5-28(6-2)12-13-29(25(33)26-20-10-8-7-9-11-20)17-19-14-18-15-22(31-3)23(32-4)16-21(18)27-24(19)30/h7-11,14-16H,5-6,12-13,17H2,1-4H3,(H,26,33)(H,27,30). The zero-order chi connectivity index (χ0) is 23.8. The predicted octanol–water partition coefficient (Wildman–Crippen LogP) is 4.09. The molecule has 0 aliphatic heterocycles. The fourth-order valence-corrected chi connectivity index (χ4v) is 3.95. The van der Waals surface area contributed by atoms with E-state index in [2.05, 4.69) is 29.0 Å². The molecule has 0 spiro atoms. The molecule has 0 bridgehead atoms. The third-order valence-electron chi connectivity index (χ3n) is 5.68. The highest BCUT2D eigenvalue weighted by atomic mass is 32.1. The molecule has 0 saturated heterocycles. The smallest absolute Gasteiger partial charge is 0.253 e. The van der Waals surface area contributed by atoms with Crippen LogP contribution in [0.5, 0.6) is 11.5 Å². The zero-order valence-corrected chi connectivity index (χ0v) is 20.5. The van der Waals surface area contributed by atoms with Crippen LogP contribution in [0.2, 0.25) is 0 Å². The molecule has 176 valence electrons. The molecule has 0 amide bonds. The number of pyridine rings is 1. The maximum Gasteiger partial charge on any atom is 0.253 e. The molecule has 0 atom stereocenters. The normalized spacial score (nSPS) is 10.9. The van der Waals surface area contributed by atoms with Gasteiger partial charge in [-0.1, -0.05) is 32.0 Å². The first kappa shape index (κ1) is 24.5. The first-order valence-electron chi connectivity index (χ1n) is 11.1. The van der Waals surface area contributed by atoms with Gasteiger partial charge in [-0.15, -0.1) is 0 Å². The number of ether oxygens (including phenoxy) is 2. The summed E-state index contributed by atoms with van der Waals surface area (Å²) in [6.45, 7) is 8.14. The Bertz CT molecular complexity index is 1130. The van der Waals surface area contributed by atoms with Gasteiger partial charge in [-0.2, -0.15) is 0 Å². The van der Waals surface area contributed by atoms with Crippen molar-refractivity contribution in [3.05, 3.63) is 64.4 Å². The van der Waals surface area contributed by atoms with Gasteiger partial charge in [0.05, 0.1) is 26.3 Å². The van der Waals surface area contributed by atoms with E-state index in [0.717, 1.165) is 30.7 Å². The Kier molecular flexibility index (Phi) is 8.68. The van der Waals surface area contributed by atoms with Crippen LogP contribution in [-0.4, -0.2) is 60.3 Å². The number of thiocarbonyl (C=S) groups is 1. The van der Waals surface area contributed by atoms with Crippen molar-refractivity contribution < 1.29 is 9.47 Å². The van der Waals surface area contributed by atoms with Crippen molar-refractivity contribution in [2.45, 2.75) is 20.4 Å². The van der Waals surface area contributed by atoms with E-state index in [4.69, 9.17) is 21.7 Å². The van der Waals surface area contributed by atoms with Crippen molar-refractivity contribution in [1.82, 2.24) is 14.8 Å². The average Bonchev–Trinajstić information content (AvgIpc) is 2.83. The Hall–Kier alpha value is -3.10. The molecule has 0 fully saturated rings. The summed E-state index contributed by atoms with van der Waals surface area (Å²) in [6, 6.07) is 15.4. The van der Waals surface area contributed by atoms with Crippen LogP contribution >= 0.6 is 12.2 Å². The van der Waals surface area contributed by atoms with Gasteiger partial charge in [-0.05, 0) is 49.6 Å². The number of methoxy groups -OCH3 is 2. The maximum absolute atomic E-state index is 12.9. The molecule has 1 heterocycles. The summed E-state index contributed by atoms with van der Waals surface area (Å²) in [4.78, 5) is 20.3. The van der Waals surface area contributed by atoms with Crippen molar-refractivity contribution in [2.24, 2.45) is 0 Å². The molecule has 8 heteroatoms. The number of nitrogens with zero attached hydrogens (tertiary/aromatic N) is 2. The SMILES string of the molecule is CCN(CC)CCN(Cc1cc2cc(OC)c(OC)cc2[nH]c1=O)C(=S)Nc1ccccc1. The van der Waals surface area contributed by atoms with E-state index in [0.29, 0.717) is 40.8 Å². The van der Waals surface area contributed by atoms with E-state index in [1.807, 2.05) is 47.4 Å². The number of hydrogen-bond acceptors (Lipinski definition) is 5. The minimum Gasteiger partial charge on any atom is -0.493 e. The van der Waals surface area contributed by atoms with E-state index in [-0.39, 0.29) is 5.56 Å². The molecule has 2 aromatic carbocycles. The second-order valence-electron chi connectivity index (χ2n) is 7.66. The van der Waals surface area contributed by atoms with Crippen LogP contribution in [0.25, 0.3) is 10.9 Å². The van der Waals surface area contributed by atoms with Gasteiger partial charge in [0.1, 0.15) is 0 Å². The molecule has 3 aromatic rings. The second-order valence-corrected chi connectivity index (χ2v) is 8.05. The van der Waals surface area contributed by atoms with Crippen LogP contribution in [0.4, 0.5) is 5.69 Å². The Morgan fingerprint density at radius 3 is 2.30 bits per heavy atom. The zero-order valence-electron chi connectivity index (χ0n) is 19.7. The number of nitrogens with one attached hydrogen (secondary N) is 2. The van der Waals surface area contributed by atoms with E-state index in [9.17, 15) is 4.79 Å². The summed E-state index contributed by atoms with van der Waals surface area (Å²) >= 11 is 5.74. The highest BCUT2D eigenvalue weighted by Crippen LogP contribution is 2.31. The highest BCUT2D eigenvalue weighted by Gasteiger charge is 2.16. The van der Waals surface area contributed by atoms with E-state index < -0.39 is 0 Å². The summed E-state index contributed by atoms with van der Waals surface area (Å²) in [7, 11) is 3.17. The Balaban J connectivity index is 1.90. The maximum atomic E-state index is 12.9. The Morgan fingerprint density at radius 1 is 1.00 bits per heavy atom. The van der Waals surface area contributed by atoms with Crippen LogP contribution in [0.1, 0.15) is 19.4 Å². The monoisotopic (exact) mass is 468 g/mol. The number of fused-ring (bicyclic) bond motifs is 1. The number of anilines is 1. The summed E-state index contributed by atoms with van der Waals surface area (Å²) in [5, 5.41) is 4.75. The number of likely N-dealkylation sites (N-methyl/N-ethyl adjacent to an activating group) is 1. The molecule has 0 radical (unpaired) electrons. The van der Waals surface area contributed by atoms with Crippen molar-refractivity contribution in [2.75, 3.05) is 45.7 Å². The first-order valence-corrected chi connectivity index (χ1v) is 11.5. The molecule has 7 nitrogen and oxygen atoms in total. The number of benzene rings is 2. The lowest BCUT2D eigenvalue weighted by molar-refractivity contribution is 0.266. The molecule has 0 aliphatic rings. The fourth-order valence-electron chi connectivity index (χ4n) is 3.68. The summed E-state index contributed by atoms with van der Waals surface area (Å²) in [5.41, 5.74) is 2.09. The second kappa shape index (κ2) is 11.7. The van der Waals surface area contributed by atoms with Crippen molar-refractivity contribution in [3.63, 3.8) is 0 Å². The number of aromatic nitrogens is 1. The topological polar surface area (TPSA) is 69.8 Å². The summed E-state index contributed by atoms with van der Waals surface area (Å²) in [5.74, 6) is 1.19. The van der Waals surface area contributed by atoms with Gasteiger partial charge in [-0.25, -0.2) is 0 Å². The lowest BCUT2D eigenvalue weighted by atomic mass is 10.1. The number of para-hydroxylation sites is 1. The van der Waals surface area contributed by atoms with Gasteiger partial charge < -0.3 is 29.6 Å². The van der Waals surface area contributed by atoms with Crippen molar-refractivity contribution in [1.29, 1.82) is 0 Å². The molecule has 2 N–H and O–H groups in total. The predicted molar refractivity (Wildman–Crippen MR) is 139 cm³/mol. The minimum atomic E-state index is -0.148. The van der Waals surface area contributed by atoms with Gasteiger partial charge in [0, 0.05) is 35.8 Å². The molecular weight excluding hydrogens is 436 g/mol. The Morgan fingerprint density at radius 2 is 1.67 bits per heavy atom. The number of H-pyrrole nitrogens is 1. The molecule has 0 aliphatic carbocycles. The minimum absolute atomic E-state index is 0.148. The molecule has 33 heavy (non-hydrogen) atoms. The molecule has 3 rings (SSSR count). The number of hydrogen-bond donors (Lipinski definition) is 2. The molecular formula is C25H32N4O3S. The van der Waals surface area contributed by atoms with Crippen molar-refractivity contribution in [3.8, 4) is 11.5 Å². The summed E-state index contributed by atoms with van der Waals surface area (Å²) in [6.07, 6.45) is 0. The lowest BCUT2D eigenvalue weighted by Gasteiger charge is -2.29. The van der Waals surface area contributed by atoms with Gasteiger partial charge in [0.2, 0.25) is 0 Å². The van der Waals surface area contributed by atoms with Crippen LogP contribution < -0.4 is 20.3 Å². The molecule has 0 unspecified atom stereocenters. The van der Waals surface area contributed by atoms with Crippen LogP contribution in [0.3, 0.4) is 0 Å². The van der Waals surface area contributed by atoms with Crippen LogP contribution in [0, 0.1) is 0 Å². The quantitative estimate of drug-likeness (QED) is 0.435. The van der Waals surface area contributed by atoms with Gasteiger partial charge in [-0.3, -0.25) is 4.79 Å². The van der Waals surface area contributed by atoms with Crippen LogP contribution in [0.15, 0.2) is 53.3 Å². The molecule has 0 saturated carbocycles. The van der Waals surface area contributed by atoms with Gasteiger partial charge in [0.25, 0.3) is 5.56 Å². The lowest BCUT2D eigenvalue weighted by Crippen LogP contribution is -2.41.